The number of piperidine rings is 1. The highest BCUT2D eigenvalue weighted by atomic mass is 79.9. The highest BCUT2D eigenvalue weighted by molar-refractivity contribution is 9.12. The number of hydrogen-bond acceptors (Lipinski definition) is 5. The Morgan fingerprint density at radius 1 is 1.11 bits per heavy atom. The van der Waals surface area contributed by atoms with Gasteiger partial charge < -0.3 is 15.0 Å². The number of allylic oxidation sites excluding steroid dienone is 7. The minimum absolute atomic E-state index is 0.213. The van der Waals surface area contributed by atoms with E-state index in [1.54, 1.807) is 24.5 Å². The van der Waals surface area contributed by atoms with Gasteiger partial charge in [-0.05, 0) is 80.5 Å². The van der Waals surface area contributed by atoms with Crippen molar-refractivity contribution in [3.8, 4) is 0 Å². The van der Waals surface area contributed by atoms with Crippen LogP contribution in [0.5, 0.6) is 0 Å². The SMILES string of the molecule is C/C=C(/Br)C1=C(C)C=C(C(=O)Nc2ccccc2NC(=O)OCC2CCN(c3ccncc3)CC2)CC=C1. The maximum absolute atomic E-state index is 13.1. The van der Waals surface area contributed by atoms with Crippen LogP contribution < -0.4 is 15.5 Å². The summed E-state index contributed by atoms with van der Waals surface area (Å²) < 4.78 is 6.53. The fraction of sp³-hybridized carbons (Fsp3) is 0.300. The molecule has 1 aliphatic heterocycles. The highest BCUT2D eigenvalue weighted by Crippen LogP contribution is 2.28. The Labute approximate surface area is 232 Å². The molecule has 0 radical (unpaired) electrons. The average Bonchev–Trinajstić information content (AvgIpc) is 3.15. The Balaban J connectivity index is 1.31. The van der Waals surface area contributed by atoms with Gasteiger partial charge in [0.1, 0.15) is 0 Å². The summed E-state index contributed by atoms with van der Waals surface area (Å²) in [5, 5.41) is 5.74. The summed E-state index contributed by atoms with van der Waals surface area (Å²) in [6, 6.07) is 11.2. The number of halogens is 1. The molecule has 0 saturated carbocycles. The Morgan fingerprint density at radius 3 is 2.47 bits per heavy atom. The van der Waals surface area contributed by atoms with Crippen LogP contribution in [0.2, 0.25) is 0 Å². The Bertz CT molecular complexity index is 1280. The van der Waals surface area contributed by atoms with E-state index in [-0.39, 0.29) is 5.91 Å². The molecule has 2 heterocycles. The molecule has 1 aliphatic carbocycles. The molecule has 4 rings (SSSR count). The molecule has 1 fully saturated rings. The molecule has 2 N–H and O–H groups in total. The Kier molecular flexibility index (Phi) is 9.54. The van der Waals surface area contributed by atoms with E-state index in [4.69, 9.17) is 4.74 Å². The molecule has 1 aromatic heterocycles. The van der Waals surface area contributed by atoms with Crippen molar-refractivity contribution < 1.29 is 14.3 Å². The van der Waals surface area contributed by atoms with Gasteiger partial charge in [-0.15, -0.1) is 0 Å². The van der Waals surface area contributed by atoms with Crippen LogP contribution in [0.3, 0.4) is 0 Å². The standard InChI is InChI=1S/C30H33BrN4O3/c1-3-26(31)25-8-6-7-23(19-21(25)2)29(36)33-27-9-4-5-10-28(27)34-30(37)38-20-22-13-17-35(18-14-22)24-11-15-32-16-12-24/h3-6,8-12,15-16,19,22H,7,13-14,17-18,20H2,1-2H3,(H,33,36)(H,34,37)/b26-3+. The maximum Gasteiger partial charge on any atom is 0.411 e. The number of ether oxygens (including phenoxy) is 1. The predicted octanol–water partition coefficient (Wildman–Crippen LogP) is 6.99. The number of benzene rings is 1. The summed E-state index contributed by atoms with van der Waals surface area (Å²) in [5.41, 5.74) is 4.86. The van der Waals surface area contributed by atoms with E-state index < -0.39 is 6.09 Å². The minimum Gasteiger partial charge on any atom is -0.449 e. The van der Waals surface area contributed by atoms with Gasteiger partial charge in [0.15, 0.2) is 0 Å². The molecule has 8 heteroatoms. The highest BCUT2D eigenvalue weighted by Gasteiger charge is 2.21. The zero-order chi connectivity index (χ0) is 26.9. The fourth-order valence-electron chi connectivity index (χ4n) is 4.57. The van der Waals surface area contributed by atoms with Gasteiger partial charge in [-0.25, -0.2) is 4.79 Å². The van der Waals surface area contributed by atoms with Gasteiger partial charge in [0, 0.05) is 41.2 Å². The number of nitrogens with one attached hydrogen (secondary N) is 2. The van der Waals surface area contributed by atoms with Crippen molar-refractivity contribution in [2.75, 3.05) is 35.2 Å². The Morgan fingerprint density at radius 2 is 1.79 bits per heavy atom. The lowest BCUT2D eigenvalue weighted by atomic mass is 9.97. The van der Waals surface area contributed by atoms with Crippen LogP contribution in [0.1, 0.15) is 33.1 Å². The zero-order valence-electron chi connectivity index (χ0n) is 21.7. The molecule has 0 spiro atoms. The number of pyridine rings is 1. The number of amides is 2. The van der Waals surface area contributed by atoms with E-state index >= 15 is 0 Å². The maximum atomic E-state index is 13.1. The van der Waals surface area contributed by atoms with Gasteiger partial charge in [0.2, 0.25) is 0 Å². The number of nitrogens with zero attached hydrogens (tertiary/aromatic N) is 2. The van der Waals surface area contributed by atoms with Crippen LogP contribution in [0.4, 0.5) is 21.9 Å². The van der Waals surface area contributed by atoms with Gasteiger partial charge in [-0.3, -0.25) is 15.1 Å². The summed E-state index contributed by atoms with van der Waals surface area (Å²) >= 11 is 3.57. The van der Waals surface area contributed by atoms with E-state index in [1.807, 2.05) is 62.4 Å². The lowest BCUT2D eigenvalue weighted by molar-refractivity contribution is -0.112. The number of carbonyl (C=O) groups excluding carboxylic acids is 2. The molecule has 2 aromatic rings. The lowest BCUT2D eigenvalue weighted by Crippen LogP contribution is -2.35. The van der Waals surface area contributed by atoms with Crippen LogP contribution >= 0.6 is 15.9 Å². The average molecular weight is 578 g/mol. The van der Waals surface area contributed by atoms with Gasteiger partial charge in [0.05, 0.1) is 18.0 Å². The second kappa shape index (κ2) is 13.2. The third-order valence-corrected chi connectivity index (χ3v) is 7.63. The van der Waals surface area contributed by atoms with E-state index in [9.17, 15) is 9.59 Å². The third-order valence-electron chi connectivity index (χ3n) is 6.74. The van der Waals surface area contributed by atoms with Gasteiger partial charge in [-0.2, -0.15) is 0 Å². The predicted molar refractivity (Wildman–Crippen MR) is 156 cm³/mol. The first-order valence-electron chi connectivity index (χ1n) is 12.8. The zero-order valence-corrected chi connectivity index (χ0v) is 23.3. The van der Waals surface area contributed by atoms with Gasteiger partial charge in [-0.1, -0.05) is 46.3 Å². The van der Waals surface area contributed by atoms with Crippen molar-refractivity contribution in [2.24, 2.45) is 5.92 Å². The third kappa shape index (κ3) is 7.22. The molecule has 0 unspecified atom stereocenters. The van der Waals surface area contributed by atoms with E-state index in [2.05, 4.69) is 36.4 Å². The second-order valence-corrected chi connectivity index (χ2v) is 10.2. The molecule has 198 valence electrons. The van der Waals surface area contributed by atoms with E-state index in [1.165, 1.54) is 5.69 Å². The quantitative estimate of drug-likeness (QED) is 0.371. The fourth-order valence-corrected chi connectivity index (χ4v) is 5.02. The smallest absolute Gasteiger partial charge is 0.411 e. The largest absolute Gasteiger partial charge is 0.449 e. The molecule has 7 nitrogen and oxygen atoms in total. The molecule has 1 saturated heterocycles. The molecular formula is C30H33BrN4O3. The molecule has 38 heavy (non-hydrogen) atoms. The number of rotatable bonds is 7. The number of carbonyl (C=O) groups is 2. The second-order valence-electron chi connectivity index (χ2n) is 9.37. The Hall–Kier alpha value is -3.65. The first kappa shape index (κ1) is 27.4. The first-order chi connectivity index (χ1) is 18.4. The molecular weight excluding hydrogens is 544 g/mol. The van der Waals surface area contributed by atoms with E-state index in [0.29, 0.717) is 35.9 Å². The molecule has 2 amide bonds. The van der Waals surface area contributed by atoms with Crippen molar-refractivity contribution in [1.29, 1.82) is 0 Å². The van der Waals surface area contributed by atoms with Crippen molar-refractivity contribution in [3.05, 3.63) is 94.3 Å². The normalized spacial score (nSPS) is 16.6. The summed E-state index contributed by atoms with van der Waals surface area (Å²) in [6.45, 7) is 6.14. The van der Waals surface area contributed by atoms with Crippen molar-refractivity contribution in [1.82, 2.24) is 4.98 Å². The van der Waals surface area contributed by atoms with Crippen LogP contribution in [0, 0.1) is 5.92 Å². The lowest BCUT2D eigenvalue weighted by Gasteiger charge is -2.33. The number of aromatic nitrogens is 1. The molecule has 0 atom stereocenters. The van der Waals surface area contributed by atoms with Crippen molar-refractivity contribution in [2.45, 2.75) is 33.1 Å². The summed E-state index contributed by atoms with van der Waals surface area (Å²) in [5.74, 6) is 0.100. The number of para-hydroxylation sites is 2. The minimum atomic E-state index is -0.528. The molecule has 2 aliphatic rings. The van der Waals surface area contributed by atoms with Gasteiger partial charge in [0.25, 0.3) is 5.91 Å². The van der Waals surface area contributed by atoms with Crippen molar-refractivity contribution in [3.63, 3.8) is 0 Å². The van der Waals surface area contributed by atoms with Crippen LogP contribution in [-0.4, -0.2) is 36.7 Å². The number of anilines is 3. The number of hydrogen-bond donors (Lipinski definition) is 2. The summed E-state index contributed by atoms with van der Waals surface area (Å²) in [7, 11) is 0. The van der Waals surface area contributed by atoms with Crippen LogP contribution in [0.15, 0.2) is 94.3 Å². The summed E-state index contributed by atoms with van der Waals surface area (Å²) in [6.07, 6.45) is 13.4. The molecule has 1 aromatic carbocycles. The summed E-state index contributed by atoms with van der Waals surface area (Å²) in [4.78, 5) is 32.1. The van der Waals surface area contributed by atoms with Crippen LogP contribution in [-0.2, 0) is 9.53 Å². The first-order valence-corrected chi connectivity index (χ1v) is 13.6. The molecule has 0 bridgehead atoms. The monoisotopic (exact) mass is 576 g/mol. The van der Waals surface area contributed by atoms with Gasteiger partial charge >= 0.3 is 6.09 Å². The topological polar surface area (TPSA) is 83.6 Å². The van der Waals surface area contributed by atoms with Crippen molar-refractivity contribution >= 4 is 45.0 Å². The van der Waals surface area contributed by atoms with E-state index in [0.717, 1.165) is 41.6 Å². The van der Waals surface area contributed by atoms with Crippen LogP contribution in [0.25, 0.3) is 0 Å².